The predicted octanol–water partition coefficient (Wildman–Crippen LogP) is 4.73. The van der Waals surface area contributed by atoms with Crippen LogP contribution < -0.4 is 0 Å². The maximum atomic E-state index is 4.16. The third-order valence-electron chi connectivity index (χ3n) is 2.15. The Kier molecular flexibility index (Phi) is 5.05. The molecule has 0 rings (SSSR count). The smallest absolute Gasteiger partial charge is 0.0133 e. The number of rotatable bonds is 4. The van der Waals surface area contributed by atoms with Gasteiger partial charge < -0.3 is 0 Å². The van der Waals surface area contributed by atoms with Crippen molar-refractivity contribution >= 4 is 0 Å². The van der Waals surface area contributed by atoms with Crippen molar-refractivity contribution in [3.8, 4) is 0 Å². The van der Waals surface area contributed by atoms with Crippen LogP contribution in [0.15, 0.2) is 23.8 Å². The van der Waals surface area contributed by atoms with Gasteiger partial charge in [0.2, 0.25) is 0 Å². The highest BCUT2D eigenvalue weighted by molar-refractivity contribution is 5.32. The van der Waals surface area contributed by atoms with Crippen molar-refractivity contribution < 1.29 is 0 Å². The molecule has 0 spiro atoms. The van der Waals surface area contributed by atoms with Crippen molar-refractivity contribution in [2.24, 2.45) is 5.41 Å². The summed E-state index contributed by atoms with van der Waals surface area (Å²) in [6, 6.07) is 0. The van der Waals surface area contributed by atoms with Gasteiger partial charge in [-0.25, -0.2) is 0 Å². The average Bonchev–Trinajstić information content (AvgIpc) is 1.98. The van der Waals surface area contributed by atoms with Crippen LogP contribution in [-0.2, 0) is 0 Å². The first-order chi connectivity index (χ1) is 5.93. The van der Waals surface area contributed by atoms with E-state index in [1.54, 1.807) is 0 Å². The summed E-state index contributed by atoms with van der Waals surface area (Å²) < 4.78 is 0. The largest absolute Gasteiger partial charge is 0.0955 e. The molecular formula is C13H24. The van der Waals surface area contributed by atoms with Gasteiger partial charge in [-0.2, -0.15) is 0 Å². The summed E-state index contributed by atoms with van der Waals surface area (Å²) in [6.07, 6.45) is 5.74. The first-order valence-electron chi connectivity index (χ1n) is 5.32. The molecule has 0 unspecified atom stereocenters. The lowest BCUT2D eigenvalue weighted by atomic mass is 9.80. The molecule has 0 amide bonds. The number of hydrogen-bond acceptors (Lipinski definition) is 0. The highest BCUT2D eigenvalue weighted by Gasteiger charge is 2.18. The fourth-order valence-corrected chi connectivity index (χ4v) is 1.62. The molecule has 0 bridgehead atoms. The van der Waals surface area contributed by atoms with Crippen LogP contribution in [0.2, 0.25) is 0 Å². The van der Waals surface area contributed by atoms with Gasteiger partial charge in [0, 0.05) is 0 Å². The number of hydrogen-bond donors (Lipinski definition) is 0. The maximum absolute atomic E-state index is 4.16. The van der Waals surface area contributed by atoms with E-state index < -0.39 is 0 Å². The fraction of sp³-hybridized carbons (Fsp3) is 0.692. The van der Waals surface area contributed by atoms with E-state index in [0.717, 1.165) is 12.8 Å². The van der Waals surface area contributed by atoms with Crippen molar-refractivity contribution in [1.29, 1.82) is 0 Å². The number of allylic oxidation sites excluding steroid dienone is 3. The predicted molar refractivity (Wildman–Crippen MR) is 61.9 cm³/mol. The van der Waals surface area contributed by atoms with Crippen LogP contribution in [0.4, 0.5) is 0 Å². The molecule has 0 saturated carbocycles. The first-order valence-corrected chi connectivity index (χ1v) is 5.32. The summed E-state index contributed by atoms with van der Waals surface area (Å²) in [5.74, 6) is 0. The molecule has 0 heterocycles. The second-order valence-corrected chi connectivity index (χ2v) is 4.63. The van der Waals surface area contributed by atoms with Crippen LogP contribution >= 0.6 is 0 Å². The van der Waals surface area contributed by atoms with Crippen LogP contribution in [0.5, 0.6) is 0 Å². The van der Waals surface area contributed by atoms with Gasteiger partial charge in [-0.05, 0) is 23.8 Å². The summed E-state index contributed by atoms with van der Waals surface area (Å²) >= 11 is 0. The zero-order valence-electron chi connectivity index (χ0n) is 9.91. The van der Waals surface area contributed by atoms with Gasteiger partial charge in [0.1, 0.15) is 0 Å². The zero-order chi connectivity index (χ0) is 10.5. The van der Waals surface area contributed by atoms with Crippen molar-refractivity contribution in [2.45, 2.75) is 53.9 Å². The Morgan fingerprint density at radius 3 is 2.08 bits per heavy atom. The van der Waals surface area contributed by atoms with E-state index in [2.05, 4.69) is 47.3 Å². The summed E-state index contributed by atoms with van der Waals surface area (Å²) in [4.78, 5) is 0. The molecule has 0 nitrogen and oxygen atoms in total. The van der Waals surface area contributed by atoms with Gasteiger partial charge in [0.25, 0.3) is 0 Å². The molecule has 0 aromatic rings. The summed E-state index contributed by atoms with van der Waals surface area (Å²) in [5.41, 5.74) is 3.01. The zero-order valence-corrected chi connectivity index (χ0v) is 9.91. The molecule has 0 N–H and O–H groups in total. The summed E-state index contributed by atoms with van der Waals surface area (Å²) in [5, 5.41) is 0. The van der Waals surface area contributed by atoms with Crippen LogP contribution in [0.1, 0.15) is 53.9 Å². The molecule has 0 fully saturated rings. The Bertz CT molecular complexity index is 189. The molecule has 0 aromatic heterocycles. The molecule has 0 aliphatic rings. The minimum absolute atomic E-state index is 0.252. The molecule has 13 heavy (non-hydrogen) atoms. The molecule has 0 radical (unpaired) electrons. The summed E-state index contributed by atoms with van der Waals surface area (Å²) in [7, 11) is 0. The normalized spacial score (nSPS) is 13.2. The Labute approximate surface area is 83.7 Å². The third kappa shape index (κ3) is 4.31. The Morgan fingerprint density at radius 1 is 1.23 bits per heavy atom. The van der Waals surface area contributed by atoms with Gasteiger partial charge in [-0.15, -0.1) is 0 Å². The van der Waals surface area contributed by atoms with Gasteiger partial charge >= 0.3 is 0 Å². The second kappa shape index (κ2) is 5.26. The molecule has 0 heteroatoms. The van der Waals surface area contributed by atoms with E-state index in [-0.39, 0.29) is 5.41 Å². The Morgan fingerprint density at radius 2 is 1.77 bits per heavy atom. The third-order valence-corrected chi connectivity index (χ3v) is 2.15. The SMILES string of the molecule is C=C(CCC)/C(=C\CC)C(C)(C)C. The minimum Gasteiger partial charge on any atom is -0.0955 e. The van der Waals surface area contributed by atoms with Crippen LogP contribution in [0.25, 0.3) is 0 Å². The van der Waals surface area contributed by atoms with Crippen molar-refractivity contribution in [1.82, 2.24) is 0 Å². The highest BCUT2D eigenvalue weighted by atomic mass is 14.2. The fourth-order valence-electron chi connectivity index (χ4n) is 1.62. The van der Waals surface area contributed by atoms with E-state index in [4.69, 9.17) is 0 Å². The van der Waals surface area contributed by atoms with Crippen molar-refractivity contribution in [3.63, 3.8) is 0 Å². The van der Waals surface area contributed by atoms with E-state index >= 15 is 0 Å². The topological polar surface area (TPSA) is 0 Å². The quantitative estimate of drug-likeness (QED) is 0.549. The standard InChI is InChI=1S/C13H24/c1-7-9-11(3)12(10-8-2)13(4,5)6/h10H,3,7-9H2,1-2,4-6H3/b12-10+. The van der Waals surface area contributed by atoms with Crippen LogP contribution in [0.3, 0.4) is 0 Å². The van der Waals surface area contributed by atoms with E-state index in [9.17, 15) is 0 Å². The highest BCUT2D eigenvalue weighted by Crippen LogP contribution is 2.32. The molecule has 0 aliphatic carbocycles. The summed E-state index contributed by atoms with van der Waals surface area (Å²) in [6.45, 7) is 15.3. The molecule has 0 aromatic carbocycles. The van der Waals surface area contributed by atoms with Gasteiger partial charge in [0.05, 0.1) is 0 Å². The van der Waals surface area contributed by atoms with Crippen molar-refractivity contribution in [3.05, 3.63) is 23.8 Å². The van der Waals surface area contributed by atoms with Crippen LogP contribution in [0, 0.1) is 5.41 Å². The lowest BCUT2D eigenvalue weighted by Crippen LogP contribution is -2.11. The van der Waals surface area contributed by atoms with Gasteiger partial charge in [-0.1, -0.05) is 59.3 Å². The Balaban J connectivity index is 4.63. The molecule has 0 aliphatic heterocycles. The van der Waals surface area contributed by atoms with Crippen molar-refractivity contribution in [2.75, 3.05) is 0 Å². The van der Waals surface area contributed by atoms with Gasteiger partial charge in [0.15, 0.2) is 0 Å². The van der Waals surface area contributed by atoms with Crippen LogP contribution in [-0.4, -0.2) is 0 Å². The molecule has 0 atom stereocenters. The molecule has 0 saturated heterocycles. The first kappa shape index (κ1) is 12.5. The maximum Gasteiger partial charge on any atom is -0.0133 e. The monoisotopic (exact) mass is 180 g/mol. The van der Waals surface area contributed by atoms with E-state index in [0.29, 0.717) is 0 Å². The van der Waals surface area contributed by atoms with Gasteiger partial charge in [-0.3, -0.25) is 0 Å². The molecule has 76 valence electrons. The lowest BCUT2D eigenvalue weighted by molar-refractivity contribution is 0.504. The average molecular weight is 180 g/mol. The van der Waals surface area contributed by atoms with E-state index in [1.165, 1.54) is 17.6 Å². The van der Waals surface area contributed by atoms with E-state index in [1.807, 2.05) is 0 Å². The lowest BCUT2D eigenvalue weighted by Gasteiger charge is -2.25. The minimum atomic E-state index is 0.252. The second-order valence-electron chi connectivity index (χ2n) is 4.63. The molecular weight excluding hydrogens is 156 g/mol. The Hall–Kier alpha value is -0.520.